The molecule has 2 aliphatic rings. The third kappa shape index (κ3) is 3.64. The molecule has 2 fully saturated rings. The molecule has 2 aliphatic carbocycles. The van der Waals surface area contributed by atoms with E-state index in [1.54, 1.807) is 0 Å². The van der Waals surface area contributed by atoms with Crippen LogP contribution in [0, 0.1) is 17.8 Å². The summed E-state index contributed by atoms with van der Waals surface area (Å²) in [5, 5.41) is 15.6. The Kier molecular flexibility index (Phi) is 5.27. The summed E-state index contributed by atoms with van der Waals surface area (Å²) in [5.41, 5.74) is 0. The van der Waals surface area contributed by atoms with E-state index in [9.17, 15) is 9.90 Å². The summed E-state index contributed by atoms with van der Waals surface area (Å²) in [6.45, 7) is 3.20. The van der Waals surface area contributed by atoms with E-state index >= 15 is 0 Å². The molecule has 0 radical (unpaired) electrons. The quantitative estimate of drug-likeness (QED) is 0.682. The van der Waals surface area contributed by atoms with Crippen LogP contribution in [0.15, 0.2) is 0 Å². The van der Waals surface area contributed by atoms with Gasteiger partial charge in [-0.15, -0.1) is 0 Å². The predicted molar refractivity (Wildman–Crippen MR) is 79.5 cm³/mol. The molecule has 0 aromatic heterocycles. The van der Waals surface area contributed by atoms with Gasteiger partial charge in [0.15, 0.2) is 0 Å². The van der Waals surface area contributed by atoms with Crippen LogP contribution in [0.4, 0.5) is 4.79 Å². The SMILES string of the molecule is CC(CCN(C)C)NC(=O)NC1C2CCC(C2)C1CO. The molecule has 5 atom stereocenters. The fraction of sp³-hybridized carbons (Fsp3) is 0.933. The van der Waals surface area contributed by atoms with Crippen LogP contribution in [0.1, 0.15) is 32.6 Å². The van der Waals surface area contributed by atoms with Gasteiger partial charge in [-0.1, -0.05) is 0 Å². The van der Waals surface area contributed by atoms with Gasteiger partial charge in [-0.25, -0.2) is 4.79 Å². The second kappa shape index (κ2) is 6.76. The summed E-state index contributed by atoms with van der Waals surface area (Å²) in [4.78, 5) is 14.2. The summed E-state index contributed by atoms with van der Waals surface area (Å²) in [7, 11) is 4.07. The zero-order chi connectivity index (χ0) is 14.7. The van der Waals surface area contributed by atoms with Gasteiger partial charge in [0.05, 0.1) is 0 Å². The molecule has 5 nitrogen and oxygen atoms in total. The van der Waals surface area contributed by atoms with Crippen LogP contribution in [0.5, 0.6) is 0 Å². The summed E-state index contributed by atoms with van der Waals surface area (Å²) < 4.78 is 0. The number of fused-ring (bicyclic) bond motifs is 2. The second-order valence-corrected chi connectivity index (χ2v) is 6.82. The molecule has 116 valence electrons. The highest BCUT2D eigenvalue weighted by molar-refractivity contribution is 5.74. The topological polar surface area (TPSA) is 64.6 Å². The minimum Gasteiger partial charge on any atom is -0.396 e. The molecule has 5 unspecified atom stereocenters. The zero-order valence-corrected chi connectivity index (χ0v) is 12.9. The minimum absolute atomic E-state index is 0.0766. The summed E-state index contributed by atoms with van der Waals surface area (Å²) in [5.74, 6) is 1.44. The van der Waals surface area contributed by atoms with Gasteiger partial charge in [0.25, 0.3) is 0 Å². The first-order chi connectivity index (χ1) is 9.51. The smallest absolute Gasteiger partial charge is 0.315 e. The largest absolute Gasteiger partial charge is 0.396 e. The molecule has 2 saturated carbocycles. The number of hydrogen-bond acceptors (Lipinski definition) is 3. The van der Waals surface area contributed by atoms with E-state index in [4.69, 9.17) is 0 Å². The maximum atomic E-state index is 12.1. The number of carbonyl (C=O) groups excluding carboxylic acids is 1. The minimum atomic E-state index is -0.0766. The van der Waals surface area contributed by atoms with Gasteiger partial charge in [0.2, 0.25) is 0 Å². The van der Waals surface area contributed by atoms with Crippen LogP contribution in [0.2, 0.25) is 0 Å². The van der Waals surface area contributed by atoms with E-state index in [0.717, 1.165) is 13.0 Å². The van der Waals surface area contributed by atoms with E-state index in [1.165, 1.54) is 19.3 Å². The Labute approximate surface area is 122 Å². The Bertz CT molecular complexity index is 335. The van der Waals surface area contributed by atoms with Crippen molar-refractivity contribution in [3.63, 3.8) is 0 Å². The molecule has 20 heavy (non-hydrogen) atoms. The van der Waals surface area contributed by atoms with Crippen LogP contribution in [-0.4, -0.2) is 55.4 Å². The number of urea groups is 1. The summed E-state index contributed by atoms with van der Waals surface area (Å²) in [6.07, 6.45) is 4.53. The molecule has 2 rings (SSSR count). The van der Waals surface area contributed by atoms with Crippen molar-refractivity contribution in [3.05, 3.63) is 0 Å². The van der Waals surface area contributed by atoms with Crippen molar-refractivity contribution in [2.24, 2.45) is 17.8 Å². The molecule has 2 amide bonds. The first kappa shape index (κ1) is 15.6. The van der Waals surface area contributed by atoms with Crippen molar-refractivity contribution in [1.29, 1.82) is 0 Å². The Morgan fingerprint density at radius 2 is 2.05 bits per heavy atom. The predicted octanol–water partition coefficient (Wildman–Crippen LogP) is 1.03. The van der Waals surface area contributed by atoms with Gasteiger partial charge in [-0.2, -0.15) is 0 Å². The molecule has 3 N–H and O–H groups in total. The monoisotopic (exact) mass is 283 g/mol. The highest BCUT2D eigenvalue weighted by atomic mass is 16.3. The van der Waals surface area contributed by atoms with Crippen LogP contribution in [0.3, 0.4) is 0 Å². The summed E-state index contributed by atoms with van der Waals surface area (Å²) >= 11 is 0. The molecular formula is C15H29N3O2. The number of aliphatic hydroxyl groups is 1. The van der Waals surface area contributed by atoms with Crippen molar-refractivity contribution >= 4 is 6.03 Å². The van der Waals surface area contributed by atoms with E-state index in [-0.39, 0.29) is 30.6 Å². The average molecular weight is 283 g/mol. The lowest BCUT2D eigenvalue weighted by Gasteiger charge is -2.31. The molecule has 2 bridgehead atoms. The molecule has 0 spiro atoms. The van der Waals surface area contributed by atoms with E-state index in [1.807, 2.05) is 21.0 Å². The zero-order valence-electron chi connectivity index (χ0n) is 12.9. The molecule has 0 heterocycles. The molecule has 0 saturated heterocycles. The van der Waals surface area contributed by atoms with Crippen LogP contribution >= 0.6 is 0 Å². The lowest BCUT2D eigenvalue weighted by Crippen LogP contribution is -2.51. The van der Waals surface area contributed by atoms with Crippen LogP contribution in [-0.2, 0) is 0 Å². The van der Waals surface area contributed by atoms with Crippen molar-refractivity contribution in [1.82, 2.24) is 15.5 Å². The standard InChI is InChI=1S/C15H29N3O2/c1-10(6-7-18(2)3)16-15(20)17-14-12-5-4-11(8-12)13(14)9-19/h10-14,19H,4-9H2,1-3H3,(H2,16,17,20). The van der Waals surface area contributed by atoms with Gasteiger partial charge < -0.3 is 20.6 Å². The number of amides is 2. The van der Waals surface area contributed by atoms with Crippen molar-refractivity contribution in [2.45, 2.75) is 44.7 Å². The first-order valence-electron chi connectivity index (χ1n) is 7.84. The van der Waals surface area contributed by atoms with Gasteiger partial charge in [0.1, 0.15) is 0 Å². The summed E-state index contributed by atoms with van der Waals surface area (Å²) in [6, 6.07) is 0.260. The average Bonchev–Trinajstić information content (AvgIpc) is 2.96. The third-order valence-corrected chi connectivity index (χ3v) is 4.98. The van der Waals surface area contributed by atoms with Gasteiger partial charge in [-0.05, 0) is 65.1 Å². The molecule has 5 heteroatoms. The maximum Gasteiger partial charge on any atom is 0.315 e. The Morgan fingerprint density at radius 3 is 2.70 bits per heavy atom. The fourth-order valence-electron chi connectivity index (χ4n) is 3.84. The number of hydrogen-bond donors (Lipinski definition) is 3. The van der Waals surface area contributed by atoms with E-state index in [0.29, 0.717) is 11.8 Å². The highest BCUT2D eigenvalue weighted by Gasteiger charge is 2.47. The number of rotatable bonds is 6. The molecular weight excluding hydrogens is 254 g/mol. The first-order valence-corrected chi connectivity index (χ1v) is 7.84. The second-order valence-electron chi connectivity index (χ2n) is 6.82. The van der Waals surface area contributed by atoms with Crippen molar-refractivity contribution < 1.29 is 9.90 Å². The molecule has 0 aliphatic heterocycles. The lowest BCUT2D eigenvalue weighted by atomic mass is 9.85. The van der Waals surface area contributed by atoms with E-state index in [2.05, 4.69) is 15.5 Å². The van der Waals surface area contributed by atoms with Crippen molar-refractivity contribution in [3.8, 4) is 0 Å². The van der Waals surface area contributed by atoms with Gasteiger partial charge in [-0.3, -0.25) is 0 Å². The van der Waals surface area contributed by atoms with Crippen LogP contribution in [0.25, 0.3) is 0 Å². The Hall–Kier alpha value is -0.810. The number of nitrogens with one attached hydrogen (secondary N) is 2. The normalized spacial score (nSPS) is 33.5. The van der Waals surface area contributed by atoms with Gasteiger partial charge >= 0.3 is 6.03 Å². The van der Waals surface area contributed by atoms with Crippen LogP contribution < -0.4 is 10.6 Å². The lowest BCUT2D eigenvalue weighted by molar-refractivity contribution is 0.144. The Morgan fingerprint density at radius 1 is 1.35 bits per heavy atom. The Balaban J connectivity index is 1.76. The molecule has 0 aromatic carbocycles. The maximum absolute atomic E-state index is 12.1. The van der Waals surface area contributed by atoms with Gasteiger partial charge in [0, 0.05) is 24.6 Å². The van der Waals surface area contributed by atoms with E-state index < -0.39 is 0 Å². The highest BCUT2D eigenvalue weighted by Crippen LogP contribution is 2.48. The number of aliphatic hydroxyl groups excluding tert-OH is 1. The molecule has 0 aromatic rings. The van der Waals surface area contributed by atoms with Crippen molar-refractivity contribution in [2.75, 3.05) is 27.2 Å². The number of carbonyl (C=O) groups is 1. The third-order valence-electron chi connectivity index (χ3n) is 4.98. The number of nitrogens with zero attached hydrogens (tertiary/aromatic N) is 1. The fourth-order valence-corrected chi connectivity index (χ4v) is 3.84.